The van der Waals surface area contributed by atoms with Crippen molar-refractivity contribution >= 4 is 0 Å². The lowest BCUT2D eigenvalue weighted by Gasteiger charge is -2.27. The maximum Gasteiger partial charge on any atom is 0.0484 e. The maximum absolute atomic E-state index is 9.66. The molecule has 0 aliphatic rings. The van der Waals surface area contributed by atoms with Gasteiger partial charge in [0, 0.05) is 6.61 Å². The minimum absolute atomic E-state index is 0.190. The van der Waals surface area contributed by atoms with E-state index in [-0.39, 0.29) is 5.41 Å². The lowest BCUT2D eigenvalue weighted by atomic mass is 9.80. The van der Waals surface area contributed by atoms with Gasteiger partial charge in [-0.05, 0) is 18.3 Å². The van der Waals surface area contributed by atoms with Crippen molar-refractivity contribution in [3.8, 4) is 0 Å². The van der Waals surface area contributed by atoms with Crippen molar-refractivity contribution in [2.75, 3.05) is 6.61 Å². The van der Waals surface area contributed by atoms with Crippen molar-refractivity contribution in [1.29, 1.82) is 0 Å². The zero-order valence-corrected chi connectivity index (χ0v) is 14.6. The van der Waals surface area contributed by atoms with Crippen LogP contribution in [0.2, 0.25) is 0 Å². The molecule has 1 atom stereocenters. The van der Waals surface area contributed by atoms with Gasteiger partial charge < -0.3 is 5.11 Å². The van der Waals surface area contributed by atoms with Crippen LogP contribution in [0.5, 0.6) is 0 Å². The van der Waals surface area contributed by atoms with Gasteiger partial charge in [0.1, 0.15) is 0 Å². The summed E-state index contributed by atoms with van der Waals surface area (Å²) in [6.07, 6.45) is 18.7. The van der Waals surface area contributed by atoms with E-state index in [2.05, 4.69) is 20.8 Å². The summed E-state index contributed by atoms with van der Waals surface area (Å²) >= 11 is 0. The van der Waals surface area contributed by atoms with Crippen molar-refractivity contribution < 1.29 is 5.11 Å². The Hall–Kier alpha value is -0.0400. The van der Waals surface area contributed by atoms with E-state index in [1.54, 1.807) is 0 Å². The molecule has 0 aromatic rings. The van der Waals surface area contributed by atoms with E-state index in [0.717, 1.165) is 0 Å². The van der Waals surface area contributed by atoms with Gasteiger partial charge in [0.25, 0.3) is 0 Å². The van der Waals surface area contributed by atoms with E-state index in [1.165, 1.54) is 89.9 Å². The van der Waals surface area contributed by atoms with Gasteiger partial charge in [0.05, 0.1) is 0 Å². The number of unbranched alkanes of at least 4 members (excludes halogenated alkanes) is 10. The molecule has 122 valence electrons. The van der Waals surface area contributed by atoms with E-state index in [0.29, 0.717) is 6.61 Å². The average molecular weight is 285 g/mol. The van der Waals surface area contributed by atoms with E-state index in [9.17, 15) is 5.11 Å². The molecule has 0 saturated carbocycles. The third-order valence-corrected chi connectivity index (χ3v) is 4.65. The predicted octanol–water partition coefficient (Wildman–Crippen LogP) is 6.49. The first-order valence-corrected chi connectivity index (χ1v) is 9.29. The van der Waals surface area contributed by atoms with Crippen molar-refractivity contribution in [2.45, 2.75) is 111 Å². The van der Waals surface area contributed by atoms with Crippen LogP contribution in [0.25, 0.3) is 0 Å². The zero-order chi connectivity index (χ0) is 15.1. The molecule has 0 spiro atoms. The lowest BCUT2D eigenvalue weighted by Crippen LogP contribution is -2.21. The molecule has 1 heteroatoms. The van der Waals surface area contributed by atoms with Crippen molar-refractivity contribution in [3.05, 3.63) is 0 Å². The van der Waals surface area contributed by atoms with Gasteiger partial charge >= 0.3 is 0 Å². The molecule has 0 bridgehead atoms. The molecule has 0 heterocycles. The maximum atomic E-state index is 9.66. The van der Waals surface area contributed by atoms with Crippen LogP contribution in [0.1, 0.15) is 111 Å². The van der Waals surface area contributed by atoms with Crippen LogP contribution in [0.3, 0.4) is 0 Å². The highest BCUT2D eigenvalue weighted by Gasteiger charge is 2.21. The molecule has 20 heavy (non-hydrogen) atoms. The quantitative estimate of drug-likeness (QED) is 0.341. The molecule has 0 amide bonds. The smallest absolute Gasteiger partial charge is 0.0484 e. The summed E-state index contributed by atoms with van der Waals surface area (Å²) < 4.78 is 0. The topological polar surface area (TPSA) is 20.2 Å². The summed E-state index contributed by atoms with van der Waals surface area (Å²) in [6, 6.07) is 0. The second kappa shape index (κ2) is 13.9. The van der Waals surface area contributed by atoms with Gasteiger partial charge in [0.15, 0.2) is 0 Å². The third kappa shape index (κ3) is 11.8. The third-order valence-electron chi connectivity index (χ3n) is 4.65. The number of rotatable bonds is 15. The molecule has 1 N–H and O–H groups in total. The summed E-state index contributed by atoms with van der Waals surface area (Å²) in [7, 11) is 0. The molecular weight excluding hydrogens is 244 g/mol. The lowest BCUT2D eigenvalue weighted by molar-refractivity contribution is 0.116. The fraction of sp³-hybridized carbons (Fsp3) is 1.00. The molecular formula is C19H40O. The van der Waals surface area contributed by atoms with Crippen LogP contribution in [-0.2, 0) is 0 Å². The van der Waals surface area contributed by atoms with E-state index in [1.807, 2.05) is 0 Å². The molecule has 0 aromatic heterocycles. The Morgan fingerprint density at radius 1 is 0.600 bits per heavy atom. The zero-order valence-electron chi connectivity index (χ0n) is 14.6. The van der Waals surface area contributed by atoms with Gasteiger partial charge in [-0.25, -0.2) is 0 Å². The molecule has 0 aliphatic carbocycles. The molecule has 0 aromatic carbocycles. The first kappa shape index (κ1) is 20.0. The molecule has 0 rings (SSSR count). The van der Waals surface area contributed by atoms with Gasteiger partial charge in [-0.15, -0.1) is 0 Å². The van der Waals surface area contributed by atoms with E-state index in [4.69, 9.17) is 0 Å². The first-order valence-electron chi connectivity index (χ1n) is 9.29. The van der Waals surface area contributed by atoms with Crippen LogP contribution in [0, 0.1) is 5.41 Å². The Morgan fingerprint density at radius 3 is 1.30 bits per heavy atom. The molecule has 0 fully saturated rings. The van der Waals surface area contributed by atoms with Gasteiger partial charge in [-0.2, -0.15) is 0 Å². The second-order valence-corrected chi connectivity index (χ2v) is 7.00. The molecule has 1 nitrogen and oxygen atoms in total. The molecule has 0 saturated heterocycles. The minimum Gasteiger partial charge on any atom is -0.396 e. The van der Waals surface area contributed by atoms with Gasteiger partial charge in [-0.1, -0.05) is 97.8 Å². The fourth-order valence-electron chi connectivity index (χ4n) is 2.95. The van der Waals surface area contributed by atoms with Crippen LogP contribution in [0.15, 0.2) is 0 Å². The molecule has 0 radical (unpaired) electrons. The first-order chi connectivity index (χ1) is 9.68. The standard InChI is InChI=1S/C19H40O/c1-4-6-8-10-11-13-15-17-19(3,18-20)16-14-12-9-7-5-2/h20H,4-18H2,1-3H3. The predicted molar refractivity (Wildman–Crippen MR) is 91.2 cm³/mol. The van der Waals surface area contributed by atoms with Crippen LogP contribution in [0.4, 0.5) is 0 Å². The summed E-state index contributed by atoms with van der Waals surface area (Å²) in [5.41, 5.74) is 0.190. The van der Waals surface area contributed by atoms with Crippen LogP contribution >= 0.6 is 0 Å². The highest BCUT2D eigenvalue weighted by atomic mass is 16.3. The van der Waals surface area contributed by atoms with Gasteiger partial charge in [0.2, 0.25) is 0 Å². The number of aliphatic hydroxyl groups is 1. The normalized spacial score (nSPS) is 14.4. The molecule has 0 aliphatic heterocycles. The Bertz CT molecular complexity index is 190. The second-order valence-electron chi connectivity index (χ2n) is 7.00. The Morgan fingerprint density at radius 2 is 0.950 bits per heavy atom. The largest absolute Gasteiger partial charge is 0.396 e. The van der Waals surface area contributed by atoms with E-state index >= 15 is 0 Å². The highest BCUT2D eigenvalue weighted by molar-refractivity contribution is 4.73. The summed E-state index contributed by atoms with van der Waals surface area (Å²) in [4.78, 5) is 0. The van der Waals surface area contributed by atoms with Crippen LogP contribution in [-0.4, -0.2) is 11.7 Å². The number of aliphatic hydroxyl groups excluding tert-OH is 1. The summed E-state index contributed by atoms with van der Waals surface area (Å²) in [6.45, 7) is 7.19. The van der Waals surface area contributed by atoms with Crippen molar-refractivity contribution in [3.63, 3.8) is 0 Å². The van der Waals surface area contributed by atoms with Crippen molar-refractivity contribution in [1.82, 2.24) is 0 Å². The SMILES string of the molecule is CCCCCCCCCC(C)(CO)CCCCCCC. The van der Waals surface area contributed by atoms with Crippen LogP contribution < -0.4 is 0 Å². The highest BCUT2D eigenvalue weighted by Crippen LogP contribution is 2.30. The van der Waals surface area contributed by atoms with Crippen molar-refractivity contribution in [2.24, 2.45) is 5.41 Å². The monoisotopic (exact) mass is 284 g/mol. The minimum atomic E-state index is 0.190. The number of hydrogen-bond donors (Lipinski definition) is 1. The van der Waals surface area contributed by atoms with Gasteiger partial charge in [-0.3, -0.25) is 0 Å². The summed E-state index contributed by atoms with van der Waals surface area (Å²) in [5.74, 6) is 0. The Kier molecular flexibility index (Phi) is 13.9. The Labute approximate surface area is 128 Å². The molecule has 1 unspecified atom stereocenters. The Balaban J connectivity index is 3.56. The number of hydrogen-bond acceptors (Lipinski definition) is 1. The fourth-order valence-corrected chi connectivity index (χ4v) is 2.95. The average Bonchev–Trinajstić information content (AvgIpc) is 2.46. The van der Waals surface area contributed by atoms with E-state index < -0.39 is 0 Å². The summed E-state index contributed by atoms with van der Waals surface area (Å²) in [5, 5.41) is 9.66.